The van der Waals surface area contributed by atoms with Crippen LogP contribution in [0.3, 0.4) is 0 Å². The van der Waals surface area contributed by atoms with Crippen molar-refractivity contribution < 1.29 is 9.53 Å². The highest BCUT2D eigenvalue weighted by atomic mass is 79.9. The van der Waals surface area contributed by atoms with E-state index in [9.17, 15) is 4.79 Å². The number of allylic oxidation sites excluding steroid dienone is 1. The fraction of sp³-hybridized carbons (Fsp3) is 0.167. The normalized spacial score (nSPS) is 11.2. The van der Waals surface area contributed by atoms with Crippen molar-refractivity contribution in [1.29, 1.82) is 0 Å². The fourth-order valence-corrected chi connectivity index (χ4v) is 2.77. The number of methoxy groups -OCH3 is 1. The lowest BCUT2D eigenvalue weighted by Crippen LogP contribution is -2.02. The summed E-state index contributed by atoms with van der Waals surface area (Å²) >= 11 is 3.39. The first-order chi connectivity index (χ1) is 12.0. The molecule has 0 aliphatic carbocycles. The van der Waals surface area contributed by atoms with Gasteiger partial charge in [0.05, 0.1) is 36.1 Å². The molecule has 0 N–H and O–H groups in total. The molecule has 0 bridgehead atoms. The van der Waals surface area contributed by atoms with E-state index in [0.29, 0.717) is 12.1 Å². The molecule has 0 saturated carbocycles. The van der Waals surface area contributed by atoms with Crippen LogP contribution in [0.1, 0.15) is 21.5 Å². The average Bonchev–Trinajstić information content (AvgIpc) is 3.21. The number of carbonyl (C=O) groups excluding carboxylic acids is 1. The van der Waals surface area contributed by atoms with Crippen molar-refractivity contribution in [3.05, 3.63) is 70.2 Å². The number of hydrogen-bond acceptors (Lipinski definition) is 4. The largest absolute Gasteiger partial charge is 0.496 e. The standard InChI is InChI=1S/C18H17BrN4O2/c1-22-10-15(8-20-22)17(24)5-3-13-4-6-18(25-2)14(7-13)11-23-12-16(19)9-21-23/h3-10,12H,11H2,1-2H3/b5-3+. The highest BCUT2D eigenvalue weighted by molar-refractivity contribution is 9.10. The van der Waals surface area contributed by atoms with Crippen molar-refractivity contribution in [2.75, 3.05) is 7.11 Å². The summed E-state index contributed by atoms with van der Waals surface area (Å²) < 4.78 is 9.76. The van der Waals surface area contributed by atoms with Gasteiger partial charge >= 0.3 is 0 Å². The van der Waals surface area contributed by atoms with Crippen LogP contribution >= 0.6 is 15.9 Å². The van der Waals surface area contributed by atoms with Crippen molar-refractivity contribution in [3.63, 3.8) is 0 Å². The summed E-state index contributed by atoms with van der Waals surface area (Å²) in [4.78, 5) is 12.1. The molecular formula is C18H17BrN4O2. The molecule has 0 aliphatic heterocycles. The van der Waals surface area contributed by atoms with Crippen LogP contribution in [0.15, 0.2) is 53.5 Å². The second-order valence-corrected chi connectivity index (χ2v) is 6.44. The molecule has 3 aromatic rings. The van der Waals surface area contributed by atoms with Gasteiger partial charge in [0.2, 0.25) is 0 Å². The Balaban J connectivity index is 1.81. The fourth-order valence-electron chi connectivity index (χ4n) is 2.44. The van der Waals surface area contributed by atoms with E-state index in [1.807, 2.05) is 29.1 Å². The monoisotopic (exact) mass is 400 g/mol. The third-order valence-electron chi connectivity index (χ3n) is 3.66. The van der Waals surface area contributed by atoms with E-state index in [-0.39, 0.29) is 5.78 Å². The van der Waals surface area contributed by atoms with Crippen molar-refractivity contribution in [2.45, 2.75) is 6.54 Å². The summed E-state index contributed by atoms with van der Waals surface area (Å²) in [6.07, 6.45) is 10.2. The number of aromatic nitrogens is 4. The number of ketones is 1. The summed E-state index contributed by atoms with van der Waals surface area (Å²) in [5, 5.41) is 8.28. The van der Waals surface area contributed by atoms with Gasteiger partial charge in [-0.2, -0.15) is 10.2 Å². The van der Waals surface area contributed by atoms with Crippen LogP contribution < -0.4 is 4.74 Å². The lowest BCUT2D eigenvalue weighted by molar-refractivity contribution is 0.104. The number of aryl methyl sites for hydroxylation is 1. The van der Waals surface area contributed by atoms with E-state index >= 15 is 0 Å². The number of hydrogen-bond donors (Lipinski definition) is 0. The van der Waals surface area contributed by atoms with Crippen LogP contribution in [0.25, 0.3) is 6.08 Å². The average molecular weight is 401 g/mol. The molecule has 128 valence electrons. The van der Waals surface area contributed by atoms with E-state index in [1.54, 1.807) is 49.6 Å². The Morgan fingerprint density at radius 1 is 1.28 bits per heavy atom. The highest BCUT2D eigenvalue weighted by Gasteiger charge is 2.07. The van der Waals surface area contributed by atoms with E-state index in [2.05, 4.69) is 26.1 Å². The maximum atomic E-state index is 12.1. The minimum atomic E-state index is -0.0820. The number of rotatable bonds is 6. The summed E-state index contributed by atoms with van der Waals surface area (Å²) in [5.74, 6) is 0.698. The van der Waals surface area contributed by atoms with Gasteiger partial charge in [-0.15, -0.1) is 0 Å². The summed E-state index contributed by atoms with van der Waals surface area (Å²) in [6, 6.07) is 5.79. The maximum absolute atomic E-state index is 12.1. The van der Waals surface area contributed by atoms with Gasteiger partial charge in [-0.1, -0.05) is 12.1 Å². The number of ether oxygens (including phenoxy) is 1. The van der Waals surface area contributed by atoms with E-state index in [1.165, 1.54) is 0 Å². The van der Waals surface area contributed by atoms with Crippen molar-refractivity contribution >= 4 is 27.8 Å². The number of halogens is 1. The molecule has 2 aromatic heterocycles. The number of nitrogens with zero attached hydrogens (tertiary/aromatic N) is 4. The molecule has 0 fully saturated rings. The molecule has 0 aliphatic rings. The molecule has 0 atom stereocenters. The van der Waals surface area contributed by atoms with E-state index in [0.717, 1.165) is 21.3 Å². The Hall–Kier alpha value is -2.67. The van der Waals surface area contributed by atoms with Gasteiger partial charge in [-0.3, -0.25) is 14.2 Å². The minimum absolute atomic E-state index is 0.0820. The van der Waals surface area contributed by atoms with Crippen molar-refractivity contribution in [3.8, 4) is 5.75 Å². The zero-order valence-electron chi connectivity index (χ0n) is 13.9. The van der Waals surface area contributed by atoms with Gasteiger partial charge in [-0.25, -0.2) is 0 Å². The summed E-state index contributed by atoms with van der Waals surface area (Å²) in [7, 11) is 3.42. The number of carbonyl (C=O) groups is 1. The first-order valence-corrected chi connectivity index (χ1v) is 8.40. The van der Waals surface area contributed by atoms with Crippen LogP contribution in [0.5, 0.6) is 5.75 Å². The first-order valence-electron chi connectivity index (χ1n) is 7.61. The van der Waals surface area contributed by atoms with Crippen LogP contribution in [0.4, 0.5) is 0 Å². The van der Waals surface area contributed by atoms with Gasteiger partial charge in [0.25, 0.3) is 0 Å². The van der Waals surface area contributed by atoms with Crippen LogP contribution in [-0.2, 0) is 13.6 Å². The van der Waals surface area contributed by atoms with E-state index in [4.69, 9.17) is 4.74 Å². The summed E-state index contributed by atoms with van der Waals surface area (Å²) in [6.45, 7) is 0.576. The van der Waals surface area contributed by atoms with Crippen molar-refractivity contribution in [1.82, 2.24) is 19.6 Å². The molecule has 0 unspecified atom stereocenters. The molecule has 3 rings (SSSR count). The molecule has 2 heterocycles. The quantitative estimate of drug-likeness (QED) is 0.470. The van der Waals surface area contributed by atoms with E-state index < -0.39 is 0 Å². The van der Waals surface area contributed by atoms with Gasteiger partial charge in [-0.05, 0) is 39.7 Å². The zero-order valence-corrected chi connectivity index (χ0v) is 15.5. The molecular weight excluding hydrogens is 384 g/mol. The molecule has 25 heavy (non-hydrogen) atoms. The summed E-state index contributed by atoms with van der Waals surface area (Å²) in [5.41, 5.74) is 2.46. The molecule has 6 nitrogen and oxygen atoms in total. The zero-order chi connectivity index (χ0) is 17.8. The minimum Gasteiger partial charge on any atom is -0.496 e. The Morgan fingerprint density at radius 3 is 2.76 bits per heavy atom. The third kappa shape index (κ3) is 4.24. The highest BCUT2D eigenvalue weighted by Crippen LogP contribution is 2.22. The first kappa shape index (κ1) is 17.2. The maximum Gasteiger partial charge on any atom is 0.189 e. The molecule has 0 saturated heterocycles. The van der Waals surface area contributed by atoms with Crippen LogP contribution in [0.2, 0.25) is 0 Å². The Kier molecular flexibility index (Phi) is 5.14. The van der Waals surface area contributed by atoms with Gasteiger partial charge in [0.1, 0.15) is 5.75 Å². The molecule has 0 radical (unpaired) electrons. The molecule has 7 heteroatoms. The lowest BCUT2D eigenvalue weighted by Gasteiger charge is -2.09. The molecule has 0 spiro atoms. The van der Waals surface area contributed by atoms with Gasteiger partial charge in [0, 0.05) is 25.0 Å². The second kappa shape index (κ2) is 7.48. The van der Waals surface area contributed by atoms with Crippen LogP contribution in [0, 0.1) is 0 Å². The predicted molar refractivity (Wildman–Crippen MR) is 98.6 cm³/mol. The molecule has 1 aromatic carbocycles. The second-order valence-electron chi connectivity index (χ2n) is 5.53. The topological polar surface area (TPSA) is 61.9 Å². The Morgan fingerprint density at radius 2 is 2.12 bits per heavy atom. The number of benzene rings is 1. The lowest BCUT2D eigenvalue weighted by atomic mass is 10.1. The third-order valence-corrected chi connectivity index (χ3v) is 4.06. The smallest absolute Gasteiger partial charge is 0.189 e. The van der Waals surface area contributed by atoms with Crippen molar-refractivity contribution in [2.24, 2.45) is 7.05 Å². The predicted octanol–water partition coefficient (Wildman–Crippen LogP) is 3.33. The van der Waals surface area contributed by atoms with Crippen LogP contribution in [-0.4, -0.2) is 32.5 Å². The SMILES string of the molecule is COc1ccc(/C=C/C(=O)c2cnn(C)c2)cc1Cn1cc(Br)cn1. The Labute approximate surface area is 153 Å². The molecule has 0 amide bonds. The Bertz CT molecular complexity index is 927. The van der Waals surface area contributed by atoms with Gasteiger partial charge in [0.15, 0.2) is 5.78 Å². The van der Waals surface area contributed by atoms with Gasteiger partial charge < -0.3 is 4.74 Å².